The highest BCUT2D eigenvalue weighted by molar-refractivity contribution is 7.92. The first-order chi connectivity index (χ1) is 15.1. The standard InChI is InChI=1S/C22H28N4O4S2/c23-17-5-1-15(2-6-17)9-25-19-11-31(27,28)13-21(19)26(10-16-3-7-18(24)8-4-16)22-14-32(29,30)12-20(22)25/h1-8,19-22H,9-14,23-24H2/t19-,20-,21+,22+. The number of nitrogens with zero attached hydrogens (tertiary/aromatic N) is 2. The summed E-state index contributed by atoms with van der Waals surface area (Å²) in [5.41, 5.74) is 14.9. The summed E-state index contributed by atoms with van der Waals surface area (Å²) < 4.78 is 50.9. The van der Waals surface area contributed by atoms with Crippen molar-refractivity contribution in [3.05, 3.63) is 59.7 Å². The number of fused-ring (bicyclic) bond motifs is 2. The van der Waals surface area contributed by atoms with Crippen LogP contribution in [0.25, 0.3) is 0 Å². The van der Waals surface area contributed by atoms with Gasteiger partial charge >= 0.3 is 0 Å². The summed E-state index contributed by atoms with van der Waals surface area (Å²) >= 11 is 0. The Morgan fingerprint density at radius 2 is 0.875 bits per heavy atom. The first-order valence-electron chi connectivity index (χ1n) is 10.7. The van der Waals surface area contributed by atoms with Gasteiger partial charge in [0.25, 0.3) is 0 Å². The van der Waals surface area contributed by atoms with Crippen molar-refractivity contribution in [2.75, 3.05) is 34.5 Å². The van der Waals surface area contributed by atoms with Crippen LogP contribution in [0.5, 0.6) is 0 Å². The molecule has 3 heterocycles. The van der Waals surface area contributed by atoms with E-state index in [1.807, 2.05) is 48.5 Å². The third-order valence-electron chi connectivity index (χ3n) is 6.98. The normalized spacial score (nSPS) is 31.2. The average molecular weight is 477 g/mol. The molecule has 0 amide bonds. The summed E-state index contributed by atoms with van der Waals surface area (Å²) in [7, 11) is -6.45. The SMILES string of the molecule is Nc1ccc(CN2[C@@H]3CS(=O)(=O)C[C@@H]3N(Cc3ccc(N)cc3)[C@H]3CS(=O)(=O)C[C@H]32)cc1. The molecule has 2 aromatic rings. The maximum absolute atomic E-state index is 12.7. The molecule has 0 aliphatic carbocycles. The molecule has 4 atom stereocenters. The minimum atomic E-state index is -3.23. The number of rotatable bonds is 4. The molecule has 0 bridgehead atoms. The summed E-state index contributed by atoms with van der Waals surface area (Å²) in [6.45, 7) is 1.01. The van der Waals surface area contributed by atoms with Gasteiger partial charge in [-0.25, -0.2) is 16.8 Å². The smallest absolute Gasteiger partial charge is 0.153 e. The number of hydrogen-bond acceptors (Lipinski definition) is 8. The van der Waals surface area contributed by atoms with Crippen molar-refractivity contribution in [2.24, 2.45) is 0 Å². The predicted molar refractivity (Wildman–Crippen MR) is 125 cm³/mol. The first kappa shape index (κ1) is 21.7. The van der Waals surface area contributed by atoms with Crippen LogP contribution in [0.3, 0.4) is 0 Å². The zero-order chi connectivity index (χ0) is 22.7. The molecule has 3 aliphatic rings. The van der Waals surface area contributed by atoms with Gasteiger partial charge in [0.05, 0.1) is 23.0 Å². The van der Waals surface area contributed by atoms with E-state index in [0.29, 0.717) is 24.5 Å². The average Bonchev–Trinajstić information content (AvgIpc) is 3.22. The minimum Gasteiger partial charge on any atom is -0.399 e. The number of nitrogen functional groups attached to an aromatic ring is 2. The Morgan fingerprint density at radius 1 is 0.594 bits per heavy atom. The zero-order valence-corrected chi connectivity index (χ0v) is 19.3. The van der Waals surface area contributed by atoms with Crippen LogP contribution < -0.4 is 11.5 Å². The molecule has 0 saturated carbocycles. The van der Waals surface area contributed by atoms with Crippen molar-refractivity contribution >= 4 is 31.0 Å². The van der Waals surface area contributed by atoms with Gasteiger partial charge in [-0.3, -0.25) is 9.80 Å². The predicted octanol–water partition coefficient (Wildman–Crippen LogP) is 0.500. The minimum absolute atomic E-state index is 0.0497. The third-order valence-corrected chi connectivity index (χ3v) is 10.4. The highest BCUT2D eigenvalue weighted by atomic mass is 32.2. The maximum Gasteiger partial charge on any atom is 0.153 e. The highest BCUT2D eigenvalue weighted by Crippen LogP contribution is 2.39. The van der Waals surface area contributed by atoms with Gasteiger partial charge in [0.2, 0.25) is 0 Å². The summed E-state index contributed by atoms with van der Waals surface area (Å²) in [4.78, 5) is 4.27. The molecule has 10 heteroatoms. The van der Waals surface area contributed by atoms with E-state index in [1.165, 1.54) is 0 Å². The van der Waals surface area contributed by atoms with E-state index >= 15 is 0 Å². The first-order valence-corrected chi connectivity index (χ1v) is 14.4. The van der Waals surface area contributed by atoms with Crippen LogP contribution >= 0.6 is 0 Å². The van der Waals surface area contributed by atoms with E-state index in [4.69, 9.17) is 11.5 Å². The second-order valence-corrected chi connectivity index (χ2v) is 13.6. The molecule has 3 fully saturated rings. The van der Waals surface area contributed by atoms with Crippen molar-refractivity contribution in [3.8, 4) is 0 Å². The molecule has 172 valence electrons. The lowest BCUT2D eigenvalue weighted by atomic mass is 9.93. The van der Waals surface area contributed by atoms with Crippen LogP contribution in [0.4, 0.5) is 11.4 Å². The molecule has 8 nitrogen and oxygen atoms in total. The van der Waals surface area contributed by atoms with Crippen LogP contribution in [0.15, 0.2) is 48.5 Å². The topological polar surface area (TPSA) is 127 Å². The number of hydrogen-bond donors (Lipinski definition) is 2. The van der Waals surface area contributed by atoms with Crippen LogP contribution in [-0.4, -0.2) is 73.8 Å². The summed E-state index contributed by atoms with van der Waals surface area (Å²) in [6, 6.07) is 14.0. The molecule has 32 heavy (non-hydrogen) atoms. The van der Waals surface area contributed by atoms with Gasteiger partial charge in [-0.05, 0) is 35.4 Å². The van der Waals surface area contributed by atoms with Crippen LogP contribution in [0, 0.1) is 0 Å². The van der Waals surface area contributed by atoms with Gasteiger partial charge in [-0.1, -0.05) is 24.3 Å². The highest BCUT2D eigenvalue weighted by Gasteiger charge is 2.57. The maximum atomic E-state index is 12.7. The molecule has 4 N–H and O–H groups in total. The Kier molecular flexibility index (Phi) is 5.23. The molecular weight excluding hydrogens is 448 g/mol. The van der Waals surface area contributed by atoms with E-state index in [9.17, 15) is 16.8 Å². The van der Waals surface area contributed by atoms with Gasteiger partial charge in [-0.2, -0.15) is 0 Å². The fourth-order valence-corrected chi connectivity index (χ4v) is 9.52. The van der Waals surface area contributed by atoms with E-state index in [1.54, 1.807) is 0 Å². The lowest BCUT2D eigenvalue weighted by molar-refractivity contribution is -0.0341. The van der Waals surface area contributed by atoms with Crippen LogP contribution in [-0.2, 0) is 32.8 Å². The Hall–Kier alpha value is -2.14. The fraction of sp³-hybridized carbons (Fsp3) is 0.455. The molecule has 5 rings (SSSR count). The third kappa shape index (κ3) is 4.12. The molecule has 3 saturated heterocycles. The summed E-state index contributed by atoms with van der Waals surface area (Å²) in [5.74, 6) is 0.199. The number of piperazine rings is 1. The van der Waals surface area contributed by atoms with Crippen molar-refractivity contribution in [2.45, 2.75) is 37.3 Å². The monoisotopic (exact) mass is 476 g/mol. The number of anilines is 2. The second-order valence-electron chi connectivity index (χ2n) is 9.25. The van der Waals surface area contributed by atoms with E-state index in [0.717, 1.165) is 11.1 Å². The molecule has 0 spiro atoms. The molecule has 3 aliphatic heterocycles. The molecule has 0 aromatic heterocycles. The number of sulfone groups is 2. The molecular formula is C22H28N4O4S2. The summed E-state index contributed by atoms with van der Waals surface area (Å²) in [5, 5.41) is 0. The summed E-state index contributed by atoms with van der Waals surface area (Å²) in [6.07, 6.45) is 0. The van der Waals surface area contributed by atoms with Crippen LogP contribution in [0.2, 0.25) is 0 Å². The Bertz CT molecular complexity index is 1080. The van der Waals surface area contributed by atoms with E-state index in [-0.39, 0.29) is 47.2 Å². The van der Waals surface area contributed by atoms with Crippen molar-refractivity contribution in [1.82, 2.24) is 9.80 Å². The number of benzene rings is 2. The van der Waals surface area contributed by atoms with E-state index < -0.39 is 19.7 Å². The quantitative estimate of drug-likeness (QED) is 0.611. The van der Waals surface area contributed by atoms with Gasteiger partial charge in [0, 0.05) is 48.6 Å². The van der Waals surface area contributed by atoms with Crippen LogP contribution in [0.1, 0.15) is 11.1 Å². The Labute approximate surface area is 189 Å². The molecule has 0 unspecified atom stereocenters. The Balaban J connectivity index is 1.53. The number of nitrogens with two attached hydrogens (primary N) is 2. The molecule has 0 radical (unpaired) electrons. The van der Waals surface area contributed by atoms with Gasteiger partial charge in [0.15, 0.2) is 19.7 Å². The van der Waals surface area contributed by atoms with Gasteiger partial charge in [0.1, 0.15) is 0 Å². The van der Waals surface area contributed by atoms with Crippen molar-refractivity contribution < 1.29 is 16.8 Å². The van der Waals surface area contributed by atoms with E-state index in [2.05, 4.69) is 9.80 Å². The van der Waals surface area contributed by atoms with Gasteiger partial charge < -0.3 is 11.5 Å². The van der Waals surface area contributed by atoms with Crippen molar-refractivity contribution in [1.29, 1.82) is 0 Å². The van der Waals surface area contributed by atoms with Crippen molar-refractivity contribution in [3.63, 3.8) is 0 Å². The second kappa shape index (κ2) is 7.72. The lowest BCUT2D eigenvalue weighted by Crippen LogP contribution is -2.67. The zero-order valence-electron chi connectivity index (χ0n) is 17.7. The fourth-order valence-electron chi connectivity index (χ4n) is 5.52. The van der Waals surface area contributed by atoms with Gasteiger partial charge in [-0.15, -0.1) is 0 Å². The Morgan fingerprint density at radius 3 is 1.16 bits per heavy atom. The molecule has 2 aromatic carbocycles. The largest absolute Gasteiger partial charge is 0.399 e. The lowest BCUT2D eigenvalue weighted by Gasteiger charge is -2.51.